The molecule has 0 radical (unpaired) electrons. The molecule has 0 saturated heterocycles. The minimum Gasteiger partial charge on any atom is -0.324 e. The van der Waals surface area contributed by atoms with E-state index in [1.807, 2.05) is 36.7 Å². The zero-order valence-electron chi connectivity index (χ0n) is 10.9. The van der Waals surface area contributed by atoms with E-state index in [2.05, 4.69) is 34.0 Å². The summed E-state index contributed by atoms with van der Waals surface area (Å²) in [4.78, 5) is 0. The van der Waals surface area contributed by atoms with Gasteiger partial charge in [0.2, 0.25) is 0 Å². The van der Waals surface area contributed by atoms with E-state index in [0.29, 0.717) is 0 Å². The molecule has 1 aromatic heterocycles. The molecule has 2 rings (SSSR count). The van der Waals surface area contributed by atoms with Gasteiger partial charge in [-0.05, 0) is 32.4 Å². The highest BCUT2D eigenvalue weighted by Crippen LogP contribution is 2.22. The molecule has 0 amide bonds. The molecule has 1 aromatic carbocycles. The second-order valence-electron chi connectivity index (χ2n) is 4.62. The van der Waals surface area contributed by atoms with Crippen molar-refractivity contribution in [2.75, 3.05) is 0 Å². The van der Waals surface area contributed by atoms with Crippen LogP contribution in [0.5, 0.6) is 0 Å². The maximum Gasteiger partial charge on any atom is 0.0673 e. The third-order valence-electron chi connectivity index (χ3n) is 3.17. The minimum atomic E-state index is 0.0259. The van der Waals surface area contributed by atoms with Gasteiger partial charge in [0.25, 0.3) is 0 Å². The highest BCUT2D eigenvalue weighted by atomic mass is 79.9. The summed E-state index contributed by atoms with van der Waals surface area (Å²) in [6.07, 6.45) is 0. The van der Waals surface area contributed by atoms with Crippen LogP contribution in [-0.4, -0.2) is 9.78 Å². The molecule has 3 nitrogen and oxygen atoms in total. The van der Waals surface area contributed by atoms with Crippen molar-refractivity contribution in [3.05, 3.63) is 51.3 Å². The fourth-order valence-corrected chi connectivity index (χ4v) is 2.72. The maximum absolute atomic E-state index is 5.99. The molecule has 0 aliphatic heterocycles. The molecule has 0 aliphatic carbocycles. The standard InChI is InChI=1S/C14H18BrN3/c1-9(16)14-10(2)17-18(11(14)3)8-12-6-4-5-7-13(12)15/h4-7,9H,8,16H2,1-3H3. The Balaban J connectivity index is 2.36. The van der Waals surface area contributed by atoms with Crippen LogP contribution in [0, 0.1) is 13.8 Å². The van der Waals surface area contributed by atoms with E-state index in [4.69, 9.17) is 5.73 Å². The van der Waals surface area contributed by atoms with Gasteiger partial charge in [0.05, 0.1) is 12.2 Å². The number of halogens is 1. The van der Waals surface area contributed by atoms with Crippen LogP contribution in [0.1, 0.15) is 35.5 Å². The van der Waals surface area contributed by atoms with Crippen LogP contribution >= 0.6 is 15.9 Å². The molecule has 2 N–H and O–H groups in total. The highest BCUT2D eigenvalue weighted by Gasteiger charge is 2.15. The third kappa shape index (κ3) is 2.49. The van der Waals surface area contributed by atoms with Gasteiger partial charge in [-0.3, -0.25) is 4.68 Å². The average molecular weight is 308 g/mol. The Morgan fingerprint density at radius 2 is 2.00 bits per heavy atom. The van der Waals surface area contributed by atoms with Crippen LogP contribution in [0.15, 0.2) is 28.7 Å². The van der Waals surface area contributed by atoms with Crippen molar-refractivity contribution < 1.29 is 0 Å². The monoisotopic (exact) mass is 307 g/mol. The Morgan fingerprint density at radius 1 is 1.33 bits per heavy atom. The first-order chi connectivity index (χ1) is 8.50. The number of hydrogen-bond acceptors (Lipinski definition) is 2. The smallest absolute Gasteiger partial charge is 0.0673 e. The normalized spacial score (nSPS) is 12.7. The lowest BCUT2D eigenvalue weighted by molar-refractivity contribution is 0.654. The topological polar surface area (TPSA) is 43.8 Å². The van der Waals surface area contributed by atoms with Crippen molar-refractivity contribution in [1.29, 1.82) is 0 Å². The Labute approximate surface area is 116 Å². The molecule has 1 heterocycles. The molecule has 0 bridgehead atoms. The van der Waals surface area contributed by atoms with Gasteiger partial charge >= 0.3 is 0 Å². The number of aromatic nitrogens is 2. The third-order valence-corrected chi connectivity index (χ3v) is 3.94. The van der Waals surface area contributed by atoms with Gasteiger partial charge in [0, 0.05) is 21.8 Å². The number of aryl methyl sites for hydroxylation is 1. The Bertz CT molecular complexity index is 558. The Hall–Kier alpha value is -1.13. The van der Waals surface area contributed by atoms with Crippen LogP contribution in [-0.2, 0) is 6.54 Å². The van der Waals surface area contributed by atoms with E-state index < -0.39 is 0 Å². The van der Waals surface area contributed by atoms with Crippen molar-refractivity contribution in [2.24, 2.45) is 5.73 Å². The summed E-state index contributed by atoms with van der Waals surface area (Å²) in [5.74, 6) is 0. The van der Waals surface area contributed by atoms with Crippen molar-refractivity contribution in [1.82, 2.24) is 9.78 Å². The molecule has 0 aliphatic rings. The average Bonchev–Trinajstić information content (AvgIpc) is 2.57. The summed E-state index contributed by atoms with van der Waals surface area (Å²) in [6.45, 7) is 6.86. The van der Waals surface area contributed by atoms with E-state index >= 15 is 0 Å². The van der Waals surface area contributed by atoms with E-state index in [9.17, 15) is 0 Å². The molecule has 0 saturated carbocycles. The fraction of sp³-hybridized carbons (Fsp3) is 0.357. The van der Waals surface area contributed by atoms with Gasteiger partial charge in [-0.2, -0.15) is 5.10 Å². The van der Waals surface area contributed by atoms with Gasteiger partial charge in [-0.15, -0.1) is 0 Å². The zero-order chi connectivity index (χ0) is 13.3. The van der Waals surface area contributed by atoms with Gasteiger partial charge in [-0.1, -0.05) is 34.1 Å². The molecule has 4 heteroatoms. The molecule has 0 fully saturated rings. The zero-order valence-corrected chi connectivity index (χ0v) is 12.5. The lowest BCUT2D eigenvalue weighted by Gasteiger charge is -2.09. The van der Waals surface area contributed by atoms with E-state index in [-0.39, 0.29) is 6.04 Å². The number of nitrogens with zero attached hydrogens (tertiary/aromatic N) is 2. The molecule has 1 atom stereocenters. The van der Waals surface area contributed by atoms with Crippen LogP contribution in [0.3, 0.4) is 0 Å². The Kier molecular flexibility index (Phi) is 3.88. The summed E-state index contributed by atoms with van der Waals surface area (Å²) in [7, 11) is 0. The summed E-state index contributed by atoms with van der Waals surface area (Å²) in [5, 5.41) is 4.58. The van der Waals surface area contributed by atoms with Gasteiger partial charge in [-0.25, -0.2) is 0 Å². The SMILES string of the molecule is Cc1nn(Cc2ccccc2Br)c(C)c1C(C)N. The first kappa shape index (κ1) is 13.3. The van der Waals surface area contributed by atoms with E-state index in [0.717, 1.165) is 28.0 Å². The lowest BCUT2D eigenvalue weighted by atomic mass is 10.1. The molecule has 2 aromatic rings. The first-order valence-corrected chi connectivity index (χ1v) is 6.83. The van der Waals surface area contributed by atoms with Gasteiger partial charge in [0.1, 0.15) is 0 Å². The van der Waals surface area contributed by atoms with Crippen molar-refractivity contribution in [2.45, 2.75) is 33.4 Å². The van der Waals surface area contributed by atoms with Crippen molar-refractivity contribution in [3.8, 4) is 0 Å². The molecular weight excluding hydrogens is 290 g/mol. The summed E-state index contributed by atoms with van der Waals surface area (Å²) in [5.41, 5.74) is 10.5. The fourth-order valence-electron chi connectivity index (χ4n) is 2.31. The Morgan fingerprint density at radius 3 is 2.56 bits per heavy atom. The van der Waals surface area contributed by atoms with Crippen LogP contribution in [0.2, 0.25) is 0 Å². The van der Waals surface area contributed by atoms with Crippen molar-refractivity contribution in [3.63, 3.8) is 0 Å². The number of benzene rings is 1. The van der Waals surface area contributed by atoms with Gasteiger partial charge < -0.3 is 5.73 Å². The molecule has 1 unspecified atom stereocenters. The van der Waals surface area contributed by atoms with Gasteiger partial charge in [0.15, 0.2) is 0 Å². The van der Waals surface area contributed by atoms with Crippen molar-refractivity contribution >= 4 is 15.9 Å². The maximum atomic E-state index is 5.99. The highest BCUT2D eigenvalue weighted by molar-refractivity contribution is 9.10. The second-order valence-corrected chi connectivity index (χ2v) is 5.48. The quantitative estimate of drug-likeness (QED) is 0.945. The summed E-state index contributed by atoms with van der Waals surface area (Å²) < 4.78 is 3.13. The van der Waals surface area contributed by atoms with E-state index in [1.165, 1.54) is 5.56 Å². The predicted molar refractivity (Wildman–Crippen MR) is 77.5 cm³/mol. The summed E-state index contributed by atoms with van der Waals surface area (Å²) in [6, 6.07) is 8.23. The molecule has 0 spiro atoms. The van der Waals surface area contributed by atoms with Crippen LogP contribution in [0.4, 0.5) is 0 Å². The second kappa shape index (κ2) is 5.24. The minimum absolute atomic E-state index is 0.0259. The number of hydrogen-bond donors (Lipinski definition) is 1. The predicted octanol–water partition coefficient (Wildman–Crippen LogP) is 3.33. The number of nitrogens with two attached hydrogens (primary N) is 1. The summed E-state index contributed by atoms with van der Waals surface area (Å²) >= 11 is 3.57. The molecule has 18 heavy (non-hydrogen) atoms. The van der Waals surface area contributed by atoms with Crippen LogP contribution < -0.4 is 5.73 Å². The largest absolute Gasteiger partial charge is 0.324 e. The molecule has 96 valence electrons. The van der Waals surface area contributed by atoms with Crippen LogP contribution in [0.25, 0.3) is 0 Å². The first-order valence-electron chi connectivity index (χ1n) is 6.03. The number of rotatable bonds is 3. The lowest BCUT2D eigenvalue weighted by Crippen LogP contribution is -2.09. The van der Waals surface area contributed by atoms with E-state index in [1.54, 1.807) is 0 Å². The molecular formula is C14H18BrN3.